The monoisotopic (exact) mass is 404 g/mol. The van der Waals surface area contributed by atoms with Crippen LogP contribution in [0.2, 0.25) is 0 Å². The van der Waals surface area contributed by atoms with Crippen molar-refractivity contribution in [3.8, 4) is 17.3 Å². The fourth-order valence-corrected chi connectivity index (χ4v) is 5.07. The second-order valence-corrected chi connectivity index (χ2v) is 8.72. The fraction of sp³-hybridized carbons (Fsp3) is 0.350. The van der Waals surface area contributed by atoms with E-state index in [1.807, 2.05) is 41.8 Å². The Bertz CT molecular complexity index is 1220. The minimum Gasteiger partial charge on any atom is -0.321 e. The molecule has 0 bridgehead atoms. The van der Waals surface area contributed by atoms with E-state index < -0.39 is 0 Å². The Morgan fingerprint density at radius 3 is 2.86 bits per heavy atom. The number of hydrogen-bond acceptors (Lipinski definition) is 7. The first-order valence-electron chi connectivity index (χ1n) is 9.50. The summed E-state index contributed by atoms with van der Waals surface area (Å²) in [7, 11) is 1.87. The summed E-state index contributed by atoms with van der Waals surface area (Å²) in [5.41, 5.74) is 3.32. The standard InChI is InChI=1S/C20H20N8S/c1-13-7-20(8-13,4-5-21)28-11-14(9-23-28)17-18-16(3-6-29-18)25-19(26-17)24-15-10-22-27(2)12-15/h3,6,9-13H,4,7-8H2,1-2H3,(H,24,25,26). The smallest absolute Gasteiger partial charge is 0.228 e. The highest BCUT2D eigenvalue weighted by Gasteiger charge is 2.44. The van der Waals surface area contributed by atoms with E-state index in [9.17, 15) is 5.26 Å². The quantitative estimate of drug-likeness (QED) is 0.538. The first-order chi connectivity index (χ1) is 14.1. The van der Waals surface area contributed by atoms with Gasteiger partial charge in [0.1, 0.15) is 0 Å². The lowest BCUT2D eigenvalue weighted by Crippen LogP contribution is -2.45. The Hall–Kier alpha value is -3.25. The molecule has 0 radical (unpaired) electrons. The second-order valence-electron chi connectivity index (χ2n) is 7.80. The minimum atomic E-state index is -0.190. The molecule has 1 N–H and O–H groups in total. The molecule has 4 heterocycles. The van der Waals surface area contributed by atoms with Crippen LogP contribution in [0.15, 0.2) is 36.2 Å². The summed E-state index contributed by atoms with van der Waals surface area (Å²) in [5, 5.41) is 23.4. The van der Waals surface area contributed by atoms with Gasteiger partial charge in [0.2, 0.25) is 5.95 Å². The first-order valence-corrected chi connectivity index (χ1v) is 10.4. The van der Waals surface area contributed by atoms with Crippen LogP contribution in [-0.4, -0.2) is 29.5 Å². The minimum absolute atomic E-state index is 0.190. The Kier molecular flexibility index (Phi) is 4.10. The van der Waals surface area contributed by atoms with Crippen LogP contribution in [0, 0.1) is 17.2 Å². The van der Waals surface area contributed by atoms with E-state index in [0.29, 0.717) is 18.3 Å². The number of nitrogens with one attached hydrogen (secondary N) is 1. The van der Waals surface area contributed by atoms with Crippen LogP contribution in [-0.2, 0) is 12.6 Å². The number of aryl methyl sites for hydroxylation is 1. The highest BCUT2D eigenvalue weighted by atomic mass is 32.1. The van der Waals surface area contributed by atoms with Gasteiger partial charge in [-0.25, -0.2) is 9.97 Å². The van der Waals surface area contributed by atoms with E-state index in [-0.39, 0.29) is 5.54 Å². The molecule has 8 nitrogen and oxygen atoms in total. The molecule has 0 saturated heterocycles. The predicted octanol–water partition coefficient (Wildman–Crippen LogP) is 4.07. The van der Waals surface area contributed by atoms with E-state index in [4.69, 9.17) is 4.98 Å². The maximum absolute atomic E-state index is 9.30. The lowest BCUT2D eigenvalue weighted by Gasteiger charge is -2.45. The molecule has 1 fully saturated rings. The van der Waals surface area contributed by atoms with E-state index >= 15 is 0 Å². The van der Waals surface area contributed by atoms with Crippen molar-refractivity contribution in [1.82, 2.24) is 29.5 Å². The summed E-state index contributed by atoms with van der Waals surface area (Å²) < 4.78 is 4.73. The zero-order valence-electron chi connectivity index (χ0n) is 16.2. The summed E-state index contributed by atoms with van der Waals surface area (Å²) in [6.45, 7) is 2.22. The number of thiophene rings is 1. The fourth-order valence-electron chi connectivity index (χ4n) is 4.23. The van der Waals surface area contributed by atoms with E-state index in [1.54, 1.807) is 22.2 Å². The number of aromatic nitrogens is 6. The van der Waals surface area contributed by atoms with Gasteiger partial charge in [-0.2, -0.15) is 15.5 Å². The molecular weight excluding hydrogens is 384 g/mol. The molecule has 0 spiro atoms. The van der Waals surface area contributed by atoms with Crippen molar-refractivity contribution in [3.05, 3.63) is 36.2 Å². The highest BCUT2D eigenvalue weighted by molar-refractivity contribution is 7.17. The van der Waals surface area contributed by atoms with Gasteiger partial charge in [0.05, 0.1) is 52.0 Å². The predicted molar refractivity (Wildman–Crippen MR) is 112 cm³/mol. The molecule has 1 aliphatic rings. The third-order valence-corrected chi connectivity index (χ3v) is 6.38. The van der Waals surface area contributed by atoms with Crippen molar-refractivity contribution in [2.45, 2.75) is 31.7 Å². The van der Waals surface area contributed by atoms with Gasteiger partial charge in [-0.3, -0.25) is 9.36 Å². The van der Waals surface area contributed by atoms with Crippen molar-refractivity contribution in [3.63, 3.8) is 0 Å². The zero-order chi connectivity index (χ0) is 20.0. The number of anilines is 2. The van der Waals surface area contributed by atoms with Gasteiger partial charge in [-0.05, 0) is 30.2 Å². The van der Waals surface area contributed by atoms with Crippen molar-refractivity contribution in [2.75, 3.05) is 5.32 Å². The molecule has 9 heteroatoms. The maximum Gasteiger partial charge on any atom is 0.228 e. The third-order valence-electron chi connectivity index (χ3n) is 5.47. The largest absolute Gasteiger partial charge is 0.321 e. The number of nitriles is 1. The van der Waals surface area contributed by atoms with Gasteiger partial charge in [0.25, 0.3) is 0 Å². The van der Waals surface area contributed by atoms with Gasteiger partial charge >= 0.3 is 0 Å². The molecule has 0 atom stereocenters. The lowest BCUT2D eigenvalue weighted by molar-refractivity contribution is 0.0682. The molecule has 0 unspecified atom stereocenters. The summed E-state index contributed by atoms with van der Waals surface area (Å²) in [6, 6.07) is 4.33. The number of rotatable bonds is 5. The van der Waals surface area contributed by atoms with Crippen LogP contribution >= 0.6 is 11.3 Å². The maximum atomic E-state index is 9.30. The summed E-state index contributed by atoms with van der Waals surface area (Å²) >= 11 is 1.62. The molecule has 0 aliphatic heterocycles. The van der Waals surface area contributed by atoms with Crippen LogP contribution in [0.3, 0.4) is 0 Å². The van der Waals surface area contributed by atoms with E-state index in [1.165, 1.54) is 0 Å². The molecule has 5 rings (SSSR count). The van der Waals surface area contributed by atoms with Gasteiger partial charge < -0.3 is 5.32 Å². The van der Waals surface area contributed by atoms with Gasteiger partial charge in [-0.1, -0.05) is 6.92 Å². The van der Waals surface area contributed by atoms with E-state index in [2.05, 4.69) is 33.5 Å². The van der Waals surface area contributed by atoms with Crippen molar-refractivity contribution in [2.24, 2.45) is 13.0 Å². The average Bonchev–Trinajstić information content (AvgIpc) is 3.40. The van der Waals surface area contributed by atoms with Crippen LogP contribution in [0.4, 0.5) is 11.6 Å². The molecule has 146 valence electrons. The SMILES string of the molecule is CC1CC(CC#N)(n2cc(-c3nc(Nc4cnn(C)c4)nc4ccsc34)cn2)C1. The topological polar surface area (TPSA) is 97.2 Å². The third kappa shape index (κ3) is 3.06. The Morgan fingerprint density at radius 1 is 1.28 bits per heavy atom. The number of hydrogen-bond donors (Lipinski definition) is 1. The van der Waals surface area contributed by atoms with Gasteiger partial charge in [0.15, 0.2) is 0 Å². The van der Waals surface area contributed by atoms with Crippen LogP contribution < -0.4 is 5.32 Å². The lowest BCUT2D eigenvalue weighted by atomic mass is 9.67. The van der Waals surface area contributed by atoms with Gasteiger partial charge in [-0.15, -0.1) is 11.3 Å². The van der Waals surface area contributed by atoms with Crippen molar-refractivity contribution >= 4 is 33.2 Å². The molecule has 0 amide bonds. The van der Waals surface area contributed by atoms with Crippen LogP contribution in [0.5, 0.6) is 0 Å². The zero-order valence-corrected chi connectivity index (χ0v) is 17.0. The second kappa shape index (κ2) is 6.67. The molecule has 4 aromatic heterocycles. The van der Waals surface area contributed by atoms with Crippen LogP contribution in [0.25, 0.3) is 21.5 Å². The summed E-state index contributed by atoms with van der Waals surface area (Å²) in [5.74, 6) is 1.14. The average molecular weight is 405 g/mol. The Morgan fingerprint density at radius 2 is 2.14 bits per heavy atom. The van der Waals surface area contributed by atoms with Crippen molar-refractivity contribution < 1.29 is 0 Å². The molecule has 0 aromatic carbocycles. The van der Waals surface area contributed by atoms with Crippen molar-refractivity contribution in [1.29, 1.82) is 5.26 Å². The number of fused-ring (bicyclic) bond motifs is 1. The molecule has 1 aliphatic carbocycles. The normalized spacial score (nSPS) is 21.1. The Labute approximate surface area is 171 Å². The molecule has 4 aromatic rings. The van der Waals surface area contributed by atoms with E-state index in [0.717, 1.165) is 40.0 Å². The summed E-state index contributed by atoms with van der Waals surface area (Å²) in [6.07, 6.45) is 9.92. The Balaban J connectivity index is 1.54. The first kappa shape index (κ1) is 17.8. The van der Waals surface area contributed by atoms with Gasteiger partial charge in [0, 0.05) is 25.0 Å². The summed E-state index contributed by atoms with van der Waals surface area (Å²) in [4.78, 5) is 9.41. The molecular formula is C20H20N8S. The molecule has 29 heavy (non-hydrogen) atoms. The number of nitrogens with zero attached hydrogens (tertiary/aromatic N) is 7. The molecule has 1 saturated carbocycles. The van der Waals surface area contributed by atoms with Crippen LogP contribution in [0.1, 0.15) is 26.2 Å². The highest BCUT2D eigenvalue weighted by Crippen LogP contribution is 2.46.